The van der Waals surface area contributed by atoms with Crippen LogP contribution in [0.5, 0.6) is 0 Å². The van der Waals surface area contributed by atoms with Crippen LogP contribution in [0.15, 0.2) is 0 Å². The highest BCUT2D eigenvalue weighted by molar-refractivity contribution is 5.97. The molecule has 19 heavy (non-hydrogen) atoms. The van der Waals surface area contributed by atoms with Crippen molar-refractivity contribution in [1.82, 2.24) is 20.4 Å². The summed E-state index contributed by atoms with van der Waals surface area (Å²) in [5, 5.41) is 9.68. The highest BCUT2D eigenvalue weighted by Crippen LogP contribution is 2.15. The number of aromatic nitrogens is 2. The average Bonchev–Trinajstić information content (AvgIpc) is 2.77. The van der Waals surface area contributed by atoms with Gasteiger partial charge in [0.2, 0.25) is 0 Å². The number of hydrogen-bond acceptors (Lipinski definition) is 4. The third-order valence-corrected chi connectivity index (χ3v) is 3.21. The summed E-state index contributed by atoms with van der Waals surface area (Å²) in [5.74, 6) is -0.205. The summed E-state index contributed by atoms with van der Waals surface area (Å²) in [6.45, 7) is 9.68. The molecule has 0 aliphatic carbocycles. The van der Waals surface area contributed by atoms with E-state index in [1.165, 1.54) is 0 Å². The molecule has 1 heterocycles. The van der Waals surface area contributed by atoms with Crippen LogP contribution in [-0.4, -0.2) is 47.2 Å². The second-order valence-electron chi connectivity index (χ2n) is 4.50. The van der Waals surface area contributed by atoms with Gasteiger partial charge in [0.1, 0.15) is 0 Å². The maximum absolute atomic E-state index is 11.9. The van der Waals surface area contributed by atoms with Crippen molar-refractivity contribution in [1.29, 1.82) is 0 Å². The van der Waals surface area contributed by atoms with E-state index in [-0.39, 0.29) is 5.91 Å². The largest absolute Gasteiger partial charge is 0.395 e. The topological polar surface area (TPSA) is 87.0 Å². The Morgan fingerprint density at radius 3 is 2.63 bits per heavy atom. The summed E-state index contributed by atoms with van der Waals surface area (Å²) in [7, 11) is 0. The van der Waals surface area contributed by atoms with Gasteiger partial charge in [0.05, 0.1) is 11.4 Å². The molecule has 0 fully saturated rings. The molecular weight excluding hydrogens is 242 g/mol. The van der Waals surface area contributed by atoms with Gasteiger partial charge in [-0.1, -0.05) is 27.2 Å². The maximum atomic E-state index is 11.9. The Balaban J connectivity index is 2.49. The van der Waals surface area contributed by atoms with Crippen LogP contribution in [0.3, 0.4) is 0 Å². The standard InChI is InChI=1S/C13H25N5O/c1-4-7-10-11(14)12(17-16-10)13(19)15-8-9-18(5-2)6-3/h4-9,14H2,1-3H3,(H,15,19)(H,16,17). The molecule has 1 aromatic rings. The first kappa shape index (κ1) is 15.5. The van der Waals surface area contributed by atoms with Gasteiger partial charge in [-0.05, 0) is 19.5 Å². The maximum Gasteiger partial charge on any atom is 0.273 e. The first-order valence-electron chi connectivity index (χ1n) is 6.97. The van der Waals surface area contributed by atoms with E-state index < -0.39 is 0 Å². The third kappa shape index (κ3) is 4.24. The average molecular weight is 267 g/mol. The summed E-state index contributed by atoms with van der Waals surface area (Å²) in [6.07, 6.45) is 1.78. The predicted octanol–water partition coefficient (Wildman–Crippen LogP) is 1.02. The number of nitrogens with zero attached hydrogens (tertiary/aromatic N) is 2. The molecule has 0 spiro atoms. The van der Waals surface area contributed by atoms with E-state index >= 15 is 0 Å². The zero-order valence-corrected chi connectivity index (χ0v) is 12.1. The molecule has 0 aliphatic rings. The lowest BCUT2D eigenvalue weighted by Gasteiger charge is -2.17. The molecule has 0 aliphatic heterocycles. The molecule has 4 N–H and O–H groups in total. The van der Waals surface area contributed by atoms with E-state index in [9.17, 15) is 4.79 Å². The number of carbonyl (C=O) groups is 1. The number of aryl methyl sites for hydroxylation is 1. The molecular formula is C13H25N5O. The van der Waals surface area contributed by atoms with Crippen molar-refractivity contribution in [2.24, 2.45) is 0 Å². The number of nitrogen functional groups attached to an aromatic ring is 1. The van der Waals surface area contributed by atoms with Gasteiger partial charge in [0.25, 0.3) is 5.91 Å². The highest BCUT2D eigenvalue weighted by atomic mass is 16.1. The van der Waals surface area contributed by atoms with Crippen LogP contribution in [0.1, 0.15) is 43.4 Å². The SMILES string of the molecule is CCCc1[nH]nc(C(=O)NCCN(CC)CC)c1N. The van der Waals surface area contributed by atoms with Crippen molar-refractivity contribution in [3.05, 3.63) is 11.4 Å². The Kier molecular flexibility index (Phi) is 6.35. The van der Waals surface area contributed by atoms with Crippen LogP contribution in [0.25, 0.3) is 0 Å². The van der Waals surface area contributed by atoms with Gasteiger partial charge >= 0.3 is 0 Å². The lowest BCUT2D eigenvalue weighted by Crippen LogP contribution is -2.35. The molecule has 1 amide bonds. The molecule has 0 saturated carbocycles. The molecule has 0 bridgehead atoms. The van der Waals surface area contributed by atoms with Crippen molar-refractivity contribution in [3.8, 4) is 0 Å². The smallest absolute Gasteiger partial charge is 0.273 e. The van der Waals surface area contributed by atoms with E-state index in [0.717, 1.165) is 38.2 Å². The molecule has 6 nitrogen and oxygen atoms in total. The first-order chi connectivity index (χ1) is 9.13. The monoisotopic (exact) mass is 267 g/mol. The zero-order valence-electron chi connectivity index (χ0n) is 12.1. The normalized spacial score (nSPS) is 10.9. The number of likely N-dealkylation sites (N-methyl/N-ethyl adjacent to an activating group) is 1. The van der Waals surface area contributed by atoms with Gasteiger partial charge in [-0.3, -0.25) is 9.89 Å². The van der Waals surface area contributed by atoms with Gasteiger partial charge in [-0.25, -0.2) is 0 Å². The van der Waals surface area contributed by atoms with Crippen LogP contribution in [0, 0.1) is 0 Å². The van der Waals surface area contributed by atoms with E-state index in [0.29, 0.717) is 17.9 Å². The fourth-order valence-corrected chi connectivity index (χ4v) is 1.95. The summed E-state index contributed by atoms with van der Waals surface area (Å²) < 4.78 is 0. The van der Waals surface area contributed by atoms with Gasteiger partial charge in [-0.2, -0.15) is 5.10 Å². The number of rotatable bonds is 8. The van der Waals surface area contributed by atoms with Gasteiger partial charge in [0.15, 0.2) is 5.69 Å². The Labute approximate surface area is 114 Å². The molecule has 108 valence electrons. The first-order valence-corrected chi connectivity index (χ1v) is 6.97. The van der Waals surface area contributed by atoms with Crippen molar-refractivity contribution in [3.63, 3.8) is 0 Å². The minimum absolute atomic E-state index is 0.205. The Hall–Kier alpha value is -1.56. The number of carbonyl (C=O) groups excluding carboxylic acids is 1. The number of H-pyrrole nitrogens is 1. The van der Waals surface area contributed by atoms with E-state index in [1.54, 1.807) is 0 Å². The minimum Gasteiger partial charge on any atom is -0.395 e. The highest BCUT2D eigenvalue weighted by Gasteiger charge is 2.16. The second-order valence-corrected chi connectivity index (χ2v) is 4.50. The van der Waals surface area contributed by atoms with E-state index in [1.807, 2.05) is 0 Å². The Bertz CT molecular complexity index is 398. The van der Waals surface area contributed by atoms with Crippen LogP contribution in [0.2, 0.25) is 0 Å². The Morgan fingerprint density at radius 1 is 1.37 bits per heavy atom. The quantitative estimate of drug-likeness (QED) is 0.656. The molecule has 0 saturated heterocycles. The van der Waals surface area contributed by atoms with Crippen LogP contribution in [-0.2, 0) is 6.42 Å². The predicted molar refractivity (Wildman–Crippen MR) is 77.1 cm³/mol. The van der Waals surface area contributed by atoms with Crippen LogP contribution < -0.4 is 11.1 Å². The Morgan fingerprint density at radius 2 is 2.05 bits per heavy atom. The van der Waals surface area contributed by atoms with Crippen LogP contribution >= 0.6 is 0 Å². The zero-order chi connectivity index (χ0) is 14.3. The summed E-state index contributed by atoms with van der Waals surface area (Å²) >= 11 is 0. The molecule has 6 heteroatoms. The van der Waals surface area contributed by atoms with Crippen molar-refractivity contribution in [2.75, 3.05) is 31.9 Å². The molecule has 1 rings (SSSR count). The fraction of sp³-hybridized carbons (Fsp3) is 0.692. The number of hydrogen-bond donors (Lipinski definition) is 3. The minimum atomic E-state index is -0.205. The lowest BCUT2D eigenvalue weighted by molar-refractivity contribution is 0.0945. The van der Waals surface area contributed by atoms with E-state index in [4.69, 9.17) is 5.73 Å². The third-order valence-electron chi connectivity index (χ3n) is 3.21. The molecule has 0 aromatic carbocycles. The van der Waals surface area contributed by atoms with Crippen LogP contribution in [0.4, 0.5) is 5.69 Å². The summed E-state index contributed by atoms with van der Waals surface area (Å²) in [4.78, 5) is 14.2. The molecule has 1 aromatic heterocycles. The van der Waals surface area contributed by atoms with Crippen molar-refractivity contribution in [2.45, 2.75) is 33.6 Å². The second kappa shape index (κ2) is 7.78. The number of amides is 1. The van der Waals surface area contributed by atoms with Gasteiger partial charge in [-0.15, -0.1) is 0 Å². The number of anilines is 1. The molecule has 0 atom stereocenters. The van der Waals surface area contributed by atoms with E-state index in [2.05, 4.69) is 41.2 Å². The summed E-state index contributed by atoms with van der Waals surface area (Å²) in [6, 6.07) is 0. The number of nitrogens with two attached hydrogens (primary N) is 1. The number of aromatic amines is 1. The molecule has 0 radical (unpaired) electrons. The number of nitrogens with one attached hydrogen (secondary N) is 2. The van der Waals surface area contributed by atoms with Crippen molar-refractivity contribution < 1.29 is 4.79 Å². The van der Waals surface area contributed by atoms with Crippen molar-refractivity contribution >= 4 is 11.6 Å². The fourth-order valence-electron chi connectivity index (χ4n) is 1.95. The lowest BCUT2D eigenvalue weighted by atomic mass is 10.2. The van der Waals surface area contributed by atoms with Gasteiger partial charge < -0.3 is 16.0 Å². The summed E-state index contributed by atoms with van der Waals surface area (Å²) in [5.41, 5.74) is 7.54. The molecule has 0 unspecified atom stereocenters. The van der Waals surface area contributed by atoms with Gasteiger partial charge in [0, 0.05) is 13.1 Å².